The molecule has 7 heteroatoms. The number of anilines is 1. The molecule has 1 aromatic heterocycles. The van der Waals surface area contributed by atoms with E-state index in [0.717, 1.165) is 26.0 Å². The summed E-state index contributed by atoms with van der Waals surface area (Å²) in [6.07, 6.45) is 0. The molecule has 0 bridgehead atoms. The first-order valence-corrected chi connectivity index (χ1v) is 9.43. The van der Waals surface area contributed by atoms with Crippen molar-refractivity contribution >= 4 is 43.0 Å². The zero-order valence-corrected chi connectivity index (χ0v) is 15.2. The minimum absolute atomic E-state index is 0.294. The lowest BCUT2D eigenvalue weighted by molar-refractivity contribution is 0.603. The number of halogens is 1. The van der Waals surface area contributed by atoms with Gasteiger partial charge in [-0.15, -0.1) is 11.3 Å². The molecule has 114 valence electrons. The number of nitrogens with one attached hydrogen (secondary N) is 1. The lowest BCUT2D eigenvalue weighted by atomic mass is 10.1. The first-order chi connectivity index (χ1) is 9.74. The van der Waals surface area contributed by atoms with E-state index in [9.17, 15) is 8.42 Å². The smallest absolute Gasteiger partial charge is 0.271 e. The molecular formula is C14H17BrN2O2S2. The van der Waals surface area contributed by atoms with Gasteiger partial charge in [-0.3, -0.25) is 4.72 Å². The number of benzene rings is 1. The van der Waals surface area contributed by atoms with E-state index in [4.69, 9.17) is 5.73 Å². The molecule has 2 rings (SSSR count). The Morgan fingerprint density at radius 3 is 2.19 bits per heavy atom. The number of rotatable bonds is 4. The van der Waals surface area contributed by atoms with Crippen LogP contribution in [0.25, 0.3) is 0 Å². The van der Waals surface area contributed by atoms with Crippen LogP contribution in [0.5, 0.6) is 0 Å². The number of hydrogen-bond donors (Lipinski definition) is 2. The second-order valence-corrected chi connectivity index (χ2v) is 8.86. The zero-order chi connectivity index (χ0) is 15.8. The molecule has 0 fully saturated rings. The lowest BCUT2D eigenvalue weighted by Crippen LogP contribution is -2.13. The molecule has 0 spiro atoms. The van der Waals surface area contributed by atoms with Crippen LogP contribution >= 0.6 is 27.3 Å². The fourth-order valence-electron chi connectivity index (χ4n) is 2.08. The maximum Gasteiger partial charge on any atom is 0.271 e. The van der Waals surface area contributed by atoms with Gasteiger partial charge in [-0.25, -0.2) is 8.42 Å². The monoisotopic (exact) mass is 388 g/mol. The molecule has 0 radical (unpaired) electrons. The highest BCUT2D eigenvalue weighted by Crippen LogP contribution is 2.30. The average Bonchev–Trinajstić information content (AvgIpc) is 2.76. The Balaban J connectivity index is 2.42. The average molecular weight is 389 g/mol. The van der Waals surface area contributed by atoms with Crippen LogP contribution in [0.2, 0.25) is 0 Å². The molecule has 0 aliphatic heterocycles. The largest absolute Gasteiger partial charge is 0.326 e. The minimum atomic E-state index is -3.59. The SMILES string of the molecule is Cc1cc(S(=O)(=O)Nc2c(C)cc(Br)cc2C)sc1CN. The number of thiophene rings is 1. The van der Waals surface area contributed by atoms with E-state index >= 15 is 0 Å². The van der Waals surface area contributed by atoms with Gasteiger partial charge in [0, 0.05) is 15.9 Å². The van der Waals surface area contributed by atoms with Gasteiger partial charge >= 0.3 is 0 Å². The lowest BCUT2D eigenvalue weighted by Gasteiger charge is -2.13. The molecule has 0 saturated heterocycles. The summed E-state index contributed by atoms with van der Waals surface area (Å²) in [5.74, 6) is 0. The topological polar surface area (TPSA) is 72.2 Å². The first-order valence-electron chi connectivity index (χ1n) is 6.33. The fraction of sp³-hybridized carbons (Fsp3) is 0.286. The van der Waals surface area contributed by atoms with Crippen LogP contribution in [0.15, 0.2) is 26.9 Å². The molecule has 4 nitrogen and oxygen atoms in total. The van der Waals surface area contributed by atoms with Crippen molar-refractivity contribution in [1.82, 2.24) is 0 Å². The Kier molecular flexibility index (Phi) is 4.77. The van der Waals surface area contributed by atoms with Crippen LogP contribution in [0.3, 0.4) is 0 Å². The molecule has 0 atom stereocenters. The van der Waals surface area contributed by atoms with Crippen molar-refractivity contribution in [2.75, 3.05) is 4.72 Å². The molecule has 0 aliphatic rings. The highest BCUT2D eigenvalue weighted by atomic mass is 79.9. The maximum absolute atomic E-state index is 12.5. The number of nitrogens with two attached hydrogens (primary N) is 1. The Hall–Kier alpha value is -0.890. The van der Waals surface area contributed by atoms with E-state index in [1.165, 1.54) is 11.3 Å². The maximum atomic E-state index is 12.5. The third-order valence-corrected chi connectivity index (χ3v) is 6.72. The van der Waals surface area contributed by atoms with Gasteiger partial charge in [0.25, 0.3) is 10.0 Å². The van der Waals surface area contributed by atoms with E-state index in [1.807, 2.05) is 32.9 Å². The molecule has 0 saturated carbocycles. The quantitative estimate of drug-likeness (QED) is 0.838. The van der Waals surface area contributed by atoms with Crippen molar-refractivity contribution in [3.63, 3.8) is 0 Å². The highest BCUT2D eigenvalue weighted by Gasteiger charge is 2.20. The van der Waals surface area contributed by atoms with Gasteiger partial charge < -0.3 is 5.73 Å². The number of sulfonamides is 1. The fourth-order valence-corrected chi connectivity index (χ4v) is 5.44. The summed E-state index contributed by atoms with van der Waals surface area (Å²) in [6.45, 7) is 5.97. The molecule has 2 aromatic rings. The predicted molar refractivity (Wildman–Crippen MR) is 91.4 cm³/mol. The Morgan fingerprint density at radius 2 is 1.71 bits per heavy atom. The molecule has 3 N–H and O–H groups in total. The number of hydrogen-bond acceptors (Lipinski definition) is 4. The van der Waals surface area contributed by atoms with E-state index in [1.54, 1.807) is 6.07 Å². The van der Waals surface area contributed by atoms with Crippen LogP contribution in [-0.2, 0) is 16.6 Å². The second kappa shape index (κ2) is 6.08. The molecule has 21 heavy (non-hydrogen) atoms. The van der Waals surface area contributed by atoms with Crippen LogP contribution in [0, 0.1) is 20.8 Å². The Morgan fingerprint density at radius 1 is 1.14 bits per heavy atom. The van der Waals surface area contributed by atoms with Gasteiger partial charge in [-0.1, -0.05) is 15.9 Å². The summed E-state index contributed by atoms with van der Waals surface area (Å²) >= 11 is 4.62. The van der Waals surface area contributed by atoms with Crippen molar-refractivity contribution < 1.29 is 8.42 Å². The van der Waals surface area contributed by atoms with Crippen molar-refractivity contribution in [1.29, 1.82) is 0 Å². The molecule has 0 aliphatic carbocycles. The molecule has 0 unspecified atom stereocenters. The van der Waals surface area contributed by atoms with Gasteiger partial charge in [-0.05, 0) is 55.7 Å². The standard InChI is InChI=1S/C14H17BrN2O2S2/c1-8-6-13(20-12(8)7-16)21(18,19)17-14-9(2)4-11(15)5-10(14)3/h4-6,17H,7,16H2,1-3H3. The van der Waals surface area contributed by atoms with Gasteiger partial charge in [0.1, 0.15) is 4.21 Å². The Labute approximate surface area is 137 Å². The van der Waals surface area contributed by atoms with E-state index in [-0.39, 0.29) is 0 Å². The first kappa shape index (κ1) is 16.5. The summed E-state index contributed by atoms with van der Waals surface area (Å²) in [5.41, 5.74) is 8.89. The Bertz CT molecular complexity index is 759. The van der Waals surface area contributed by atoms with Gasteiger partial charge in [-0.2, -0.15) is 0 Å². The van der Waals surface area contributed by atoms with Crippen LogP contribution in [0.4, 0.5) is 5.69 Å². The van der Waals surface area contributed by atoms with Crippen molar-refractivity contribution in [3.05, 3.63) is 44.2 Å². The van der Waals surface area contributed by atoms with Crippen LogP contribution in [-0.4, -0.2) is 8.42 Å². The van der Waals surface area contributed by atoms with E-state index in [0.29, 0.717) is 16.4 Å². The third kappa shape index (κ3) is 3.48. The molecule has 1 aromatic carbocycles. The van der Waals surface area contributed by atoms with Crippen molar-refractivity contribution in [2.24, 2.45) is 5.73 Å². The van der Waals surface area contributed by atoms with E-state index in [2.05, 4.69) is 20.7 Å². The van der Waals surface area contributed by atoms with Crippen LogP contribution < -0.4 is 10.5 Å². The summed E-state index contributed by atoms with van der Waals surface area (Å²) in [7, 11) is -3.59. The molecule has 1 heterocycles. The van der Waals surface area contributed by atoms with Crippen LogP contribution in [0.1, 0.15) is 21.6 Å². The summed E-state index contributed by atoms with van der Waals surface area (Å²) in [4.78, 5) is 0.889. The van der Waals surface area contributed by atoms with Gasteiger partial charge in [0.2, 0.25) is 0 Å². The predicted octanol–water partition coefficient (Wildman–Crippen LogP) is 3.70. The number of aryl methyl sites for hydroxylation is 3. The highest BCUT2D eigenvalue weighted by molar-refractivity contribution is 9.10. The van der Waals surface area contributed by atoms with Gasteiger partial charge in [0.15, 0.2) is 0 Å². The summed E-state index contributed by atoms with van der Waals surface area (Å²) in [6, 6.07) is 5.43. The summed E-state index contributed by atoms with van der Waals surface area (Å²) < 4.78 is 28.9. The third-order valence-electron chi connectivity index (χ3n) is 3.18. The van der Waals surface area contributed by atoms with Crippen molar-refractivity contribution in [3.8, 4) is 0 Å². The second-order valence-electron chi connectivity index (χ2n) is 4.90. The van der Waals surface area contributed by atoms with Crippen molar-refractivity contribution in [2.45, 2.75) is 31.5 Å². The molecular weight excluding hydrogens is 372 g/mol. The minimum Gasteiger partial charge on any atom is -0.326 e. The zero-order valence-electron chi connectivity index (χ0n) is 12.0. The molecule has 0 amide bonds. The van der Waals surface area contributed by atoms with E-state index < -0.39 is 10.0 Å². The normalized spacial score (nSPS) is 11.7. The van der Waals surface area contributed by atoms with Gasteiger partial charge in [0.05, 0.1) is 5.69 Å². The summed E-state index contributed by atoms with van der Waals surface area (Å²) in [5, 5.41) is 0.